The first-order valence-corrected chi connectivity index (χ1v) is 16.6. The molecule has 0 aromatic heterocycles. The topological polar surface area (TPSA) is 9.23 Å². The molecule has 7 aromatic rings. The van der Waals surface area contributed by atoms with Gasteiger partial charge in [0.25, 0.3) is 0 Å². The number of hydrogen-bond acceptors (Lipinski definition) is 1. The molecule has 0 radical (unpaired) electrons. The van der Waals surface area contributed by atoms with Gasteiger partial charge in [0.2, 0.25) is 0 Å². The SMILES string of the molecule is CC1(C)c2cc(F)ccc2-c2c1c1c(c3cc(F)ccc23)OC(c2ccccc2)(c2ccc(-c3cccc(-c4ccccc4)c3)cc2)C=C1. The number of benzene rings is 7. The summed E-state index contributed by atoms with van der Waals surface area (Å²) in [7, 11) is 0. The molecule has 2 aliphatic rings. The minimum absolute atomic E-state index is 0.269. The Hall–Kier alpha value is -5.80. The van der Waals surface area contributed by atoms with Crippen LogP contribution in [-0.2, 0) is 11.0 Å². The molecule has 0 amide bonds. The molecule has 0 bridgehead atoms. The van der Waals surface area contributed by atoms with Crippen LogP contribution in [0.2, 0.25) is 0 Å². The maximum absolute atomic E-state index is 15.1. The average molecular weight is 639 g/mol. The molecule has 1 atom stereocenters. The number of ether oxygens (including phenoxy) is 1. The van der Waals surface area contributed by atoms with Gasteiger partial charge in [-0.3, -0.25) is 0 Å². The van der Waals surface area contributed by atoms with Crippen LogP contribution < -0.4 is 4.74 Å². The van der Waals surface area contributed by atoms with Gasteiger partial charge in [0.1, 0.15) is 17.4 Å². The van der Waals surface area contributed by atoms with E-state index in [0.29, 0.717) is 11.1 Å². The van der Waals surface area contributed by atoms with E-state index in [1.54, 1.807) is 12.1 Å². The lowest BCUT2D eigenvalue weighted by molar-refractivity contribution is 0.163. The van der Waals surface area contributed by atoms with Crippen LogP contribution >= 0.6 is 0 Å². The number of hydrogen-bond donors (Lipinski definition) is 0. The van der Waals surface area contributed by atoms with E-state index in [9.17, 15) is 4.39 Å². The maximum atomic E-state index is 15.1. The fraction of sp³-hybridized carbons (Fsp3) is 0.0870. The second-order valence-corrected chi connectivity index (χ2v) is 13.6. The lowest BCUT2D eigenvalue weighted by Gasteiger charge is -2.38. The van der Waals surface area contributed by atoms with Crippen molar-refractivity contribution in [2.24, 2.45) is 0 Å². The molecule has 0 saturated carbocycles. The Morgan fingerprint density at radius 1 is 0.531 bits per heavy atom. The third-order valence-electron chi connectivity index (χ3n) is 10.4. The zero-order chi connectivity index (χ0) is 33.3. The third kappa shape index (κ3) is 4.49. The predicted molar refractivity (Wildman–Crippen MR) is 196 cm³/mol. The largest absolute Gasteiger partial charge is 0.472 e. The normalized spacial score (nSPS) is 16.9. The Kier molecular flexibility index (Phi) is 6.51. The van der Waals surface area contributed by atoms with E-state index in [1.807, 2.05) is 36.4 Å². The fourth-order valence-corrected chi connectivity index (χ4v) is 8.01. The van der Waals surface area contributed by atoms with E-state index in [1.165, 1.54) is 17.7 Å². The minimum Gasteiger partial charge on any atom is -0.472 e. The van der Waals surface area contributed by atoms with Gasteiger partial charge in [-0.2, -0.15) is 0 Å². The molecular formula is C46H32F2O. The third-order valence-corrected chi connectivity index (χ3v) is 10.4. The predicted octanol–water partition coefficient (Wildman–Crippen LogP) is 12.1. The van der Waals surface area contributed by atoms with Crippen LogP contribution in [-0.4, -0.2) is 0 Å². The van der Waals surface area contributed by atoms with Gasteiger partial charge in [-0.25, -0.2) is 8.78 Å². The summed E-state index contributed by atoms with van der Waals surface area (Å²) in [5, 5.41) is 1.58. The van der Waals surface area contributed by atoms with Gasteiger partial charge >= 0.3 is 0 Å². The molecule has 0 N–H and O–H groups in total. The van der Waals surface area contributed by atoms with Gasteiger partial charge in [0.05, 0.1) is 0 Å². The Bertz CT molecular complexity index is 2440. The van der Waals surface area contributed by atoms with Crippen molar-refractivity contribution in [1.82, 2.24) is 0 Å². The van der Waals surface area contributed by atoms with E-state index in [0.717, 1.165) is 61.0 Å². The monoisotopic (exact) mass is 638 g/mol. The highest BCUT2D eigenvalue weighted by atomic mass is 19.1. The molecule has 0 saturated heterocycles. The van der Waals surface area contributed by atoms with Crippen LogP contribution in [0.4, 0.5) is 8.78 Å². The first-order chi connectivity index (χ1) is 23.8. The lowest BCUT2D eigenvalue weighted by atomic mass is 9.76. The van der Waals surface area contributed by atoms with E-state index in [4.69, 9.17) is 4.74 Å². The second kappa shape index (κ2) is 10.9. The van der Waals surface area contributed by atoms with Crippen molar-refractivity contribution in [3.05, 3.63) is 191 Å². The van der Waals surface area contributed by atoms with Crippen molar-refractivity contribution in [3.63, 3.8) is 0 Å². The molecule has 7 aromatic carbocycles. The molecule has 49 heavy (non-hydrogen) atoms. The van der Waals surface area contributed by atoms with E-state index in [-0.39, 0.29) is 11.6 Å². The van der Waals surface area contributed by atoms with Crippen LogP contribution in [0.25, 0.3) is 50.2 Å². The zero-order valence-electron chi connectivity index (χ0n) is 27.2. The summed E-state index contributed by atoms with van der Waals surface area (Å²) in [5.74, 6) is 0.0198. The summed E-state index contributed by atoms with van der Waals surface area (Å²) in [4.78, 5) is 0. The smallest absolute Gasteiger partial charge is 0.178 e. The first kappa shape index (κ1) is 29.3. The molecule has 1 heterocycles. The van der Waals surface area contributed by atoms with Crippen molar-refractivity contribution in [3.8, 4) is 39.1 Å². The van der Waals surface area contributed by atoms with E-state index in [2.05, 4.69) is 111 Å². The molecule has 0 spiro atoms. The fourth-order valence-electron chi connectivity index (χ4n) is 8.01. The summed E-state index contributed by atoms with van der Waals surface area (Å²) < 4.78 is 37.1. The van der Waals surface area contributed by atoms with Crippen LogP contribution in [0.15, 0.2) is 152 Å². The van der Waals surface area contributed by atoms with Crippen LogP contribution in [0.3, 0.4) is 0 Å². The number of fused-ring (bicyclic) bond motifs is 8. The molecular weight excluding hydrogens is 607 g/mol. The Labute approximate surface area is 284 Å². The molecule has 1 aliphatic carbocycles. The number of rotatable bonds is 4. The van der Waals surface area contributed by atoms with E-state index >= 15 is 4.39 Å². The van der Waals surface area contributed by atoms with Gasteiger partial charge in [-0.05, 0) is 86.3 Å². The van der Waals surface area contributed by atoms with Crippen molar-refractivity contribution in [1.29, 1.82) is 0 Å². The highest BCUT2D eigenvalue weighted by molar-refractivity contribution is 6.08. The second-order valence-electron chi connectivity index (χ2n) is 13.6. The van der Waals surface area contributed by atoms with Crippen LogP contribution in [0.5, 0.6) is 5.75 Å². The summed E-state index contributed by atoms with van der Waals surface area (Å²) in [5.41, 5.74) is 9.87. The zero-order valence-corrected chi connectivity index (χ0v) is 27.2. The average Bonchev–Trinajstić information content (AvgIpc) is 3.38. The van der Waals surface area contributed by atoms with Gasteiger partial charge in [-0.15, -0.1) is 0 Å². The van der Waals surface area contributed by atoms with Crippen LogP contribution in [0, 0.1) is 11.6 Å². The van der Waals surface area contributed by atoms with Crippen molar-refractivity contribution < 1.29 is 13.5 Å². The minimum atomic E-state index is -0.978. The van der Waals surface area contributed by atoms with Gasteiger partial charge < -0.3 is 4.74 Å². The Morgan fingerprint density at radius 3 is 1.88 bits per heavy atom. The van der Waals surface area contributed by atoms with Crippen molar-refractivity contribution in [2.75, 3.05) is 0 Å². The highest BCUT2D eigenvalue weighted by Crippen LogP contribution is 2.58. The molecule has 9 rings (SSSR count). The van der Waals surface area contributed by atoms with Gasteiger partial charge in [0.15, 0.2) is 5.60 Å². The summed E-state index contributed by atoms with van der Waals surface area (Å²) >= 11 is 0. The van der Waals surface area contributed by atoms with E-state index < -0.39 is 11.0 Å². The maximum Gasteiger partial charge on any atom is 0.178 e. The van der Waals surface area contributed by atoms with Gasteiger partial charge in [0, 0.05) is 27.5 Å². The quantitative estimate of drug-likeness (QED) is 0.186. The lowest BCUT2D eigenvalue weighted by Crippen LogP contribution is -2.35. The highest BCUT2D eigenvalue weighted by Gasteiger charge is 2.44. The first-order valence-electron chi connectivity index (χ1n) is 16.6. The molecule has 236 valence electrons. The molecule has 3 heteroatoms. The van der Waals surface area contributed by atoms with Crippen molar-refractivity contribution in [2.45, 2.75) is 24.9 Å². The Morgan fingerprint density at radius 2 is 1.14 bits per heavy atom. The Balaban J connectivity index is 1.22. The summed E-state index contributed by atoms with van der Waals surface area (Å²) in [6.07, 6.45) is 4.26. The molecule has 1 nitrogen and oxygen atoms in total. The standard InChI is InChI=1S/C46H32F2O/c1-45(2)41-28-36(48)21-23-38(41)42-37-22-20-35(47)27-40(37)44-39(43(42)45)24-25-46(49-44,33-14-7-4-8-15-33)34-18-16-30(17-19-34)32-13-9-12-31(26-32)29-10-5-3-6-11-29/h3-28H,1-2H3. The summed E-state index contributed by atoms with van der Waals surface area (Å²) in [6.45, 7) is 4.26. The molecule has 1 aliphatic heterocycles. The van der Waals surface area contributed by atoms with Gasteiger partial charge in [-0.1, -0.05) is 135 Å². The molecule has 0 fully saturated rings. The van der Waals surface area contributed by atoms with Crippen LogP contribution in [0.1, 0.15) is 41.7 Å². The molecule has 1 unspecified atom stereocenters. The van der Waals surface area contributed by atoms with Crippen molar-refractivity contribution >= 4 is 16.8 Å². The number of halogens is 2. The summed E-state index contributed by atoms with van der Waals surface area (Å²) in [6, 6.07) is 47.6.